The van der Waals surface area contributed by atoms with E-state index in [9.17, 15) is 0 Å². The van der Waals surface area contributed by atoms with Gasteiger partial charge >= 0.3 is 0 Å². The number of anilines is 1. The largest absolute Gasteiger partial charge is 0.368 e. The fourth-order valence-corrected chi connectivity index (χ4v) is 2.74. The topological polar surface area (TPSA) is 37.8 Å². The maximum absolute atomic E-state index is 4.32. The van der Waals surface area contributed by atoms with E-state index in [1.54, 1.807) is 11.3 Å². The lowest BCUT2D eigenvalue weighted by molar-refractivity contribution is 1.19. The minimum atomic E-state index is 0.878. The minimum Gasteiger partial charge on any atom is -0.368 e. The van der Waals surface area contributed by atoms with Crippen molar-refractivity contribution in [1.29, 1.82) is 0 Å². The SMILES string of the molecule is CCNc1nsnc1-c1sccc1C. The zero-order valence-corrected chi connectivity index (χ0v) is 9.71. The highest BCUT2D eigenvalue weighted by atomic mass is 32.1. The normalized spacial score (nSPS) is 10.4. The standard InChI is InChI=1S/C9H11N3S2/c1-3-10-9-7(11-14-12-9)8-6(2)4-5-13-8/h4-5H,3H2,1-2H3,(H,10,12). The molecule has 0 saturated heterocycles. The first kappa shape index (κ1) is 9.61. The summed E-state index contributed by atoms with van der Waals surface area (Å²) < 4.78 is 8.55. The highest BCUT2D eigenvalue weighted by Crippen LogP contribution is 2.32. The van der Waals surface area contributed by atoms with Gasteiger partial charge in [0, 0.05) is 6.54 Å². The van der Waals surface area contributed by atoms with Gasteiger partial charge in [0.05, 0.1) is 16.6 Å². The van der Waals surface area contributed by atoms with Crippen molar-refractivity contribution in [2.75, 3.05) is 11.9 Å². The second kappa shape index (κ2) is 4.06. The Morgan fingerprint density at radius 2 is 2.29 bits per heavy atom. The molecule has 0 aromatic carbocycles. The van der Waals surface area contributed by atoms with Crippen molar-refractivity contribution < 1.29 is 0 Å². The average Bonchev–Trinajstić information content (AvgIpc) is 2.74. The van der Waals surface area contributed by atoms with Gasteiger partial charge in [-0.25, -0.2) is 0 Å². The smallest absolute Gasteiger partial charge is 0.168 e. The summed E-state index contributed by atoms with van der Waals surface area (Å²) in [5, 5.41) is 5.30. The van der Waals surface area contributed by atoms with Crippen LogP contribution in [0.4, 0.5) is 5.82 Å². The van der Waals surface area contributed by atoms with Gasteiger partial charge < -0.3 is 5.32 Å². The van der Waals surface area contributed by atoms with Crippen LogP contribution in [0.3, 0.4) is 0 Å². The van der Waals surface area contributed by atoms with Crippen LogP contribution in [-0.2, 0) is 0 Å². The summed E-state index contributed by atoms with van der Waals surface area (Å²) in [5.41, 5.74) is 2.26. The summed E-state index contributed by atoms with van der Waals surface area (Å²) in [5.74, 6) is 0.906. The number of hydrogen-bond donors (Lipinski definition) is 1. The summed E-state index contributed by atoms with van der Waals surface area (Å²) in [7, 11) is 0. The Morgan fingerprint density at radius 1 is 1.43 bits per heavy atom. The third-order valence-corrected chi connectivity index (χ3v) is 3.46. The van der Waals surface area contributed by atoms with Crippen molar-refractivity contribution in [1.82, 2.24) is 8.75 Å². The number of thiophene rings is 1. The third-order valence-electron chi connectivity index (χ3n) is 1.91. The molecule has 0 amide bonds. The second-order valence-electron chi connectivity index (χ2n) is 2.92. The second-order valence-corrected chi connectivity index (χ2v) is 4.37. The molecule has 74 valence electrons. The van der Waals surface area contributed by atoms with Crippen molar-refractivity contribution in [3.8, 4) is 10.6 Å². The van der Waals surface area contributed by atoms with E-state index in [0.29, 0.717) is 0 Å². The monoisotopic (exact) mass is 225 g/mol. The van der Waals surface area contributed by atoms with Crippen molar-refractivity contribution >= 4 is 28.9 Å². The van der Waals surface area contributed by atoms with E-state index >= 15 is 0 Å². The summed E-state index contributed by atoms with van der Waals surface area (Å²) in [4.78, 5) is 1.22. The number of hydrogen-bond acceptors (Lipinski definition) is 5. The highest BCUT2D eigenvalue weighted by molar-refractivity contribution is 7.14. The minimum absolute atomic E-state index is 0.878. The molecule has 2 rings (SSSR count). The Kier molecular flexibility index (Phi) is 2.79. The van der Waals surface area contributed by atoms with E-state index in [2.05, 4.69) is 39.4 Å². The lowest BCUT2D eigenvalue weighted by Gasteiger charge is -2.00. The van der Waals surface area contributed by atoms with Crippen LogP contribution in [0.5, 0.6) is 0 Å². The number of rotatable bonds is 3. The summed E-state index contributed by atoms with van der Waals surface area (Å²) in [6, 6.07) is 2.11. The average molecular weight is 225 g/mol. The fraction of sp³-hybridized carbons (Fsp3) is 0.333. The molecule has 0 fully saturated rings. The summed E-state index contributed by atoms with van der Waals surface area (Å²) >= 11 is 2.97. The van der Waals surface area contributed by atoms with Crippen LogP contribution in [0.15, 0.2) is 11.4 Å². The number of nitrogens with zero attached hydrogens (tertiary/aromatic N) is 2. The fourth-order valence-electron chi connectivity index (χ4n) is 1.24. The first-order valence-corrected chi connectivity index (χ1v) is 6.04. The molecular formula is C9H11N3S2. The van der Waals surface area contributed by atoms with E-state index < -0.39 is 0 Å². The molecule has 0 spiro atoms. The van der Waals surface area contributed by atoms with Crippen LogP contribution in [0.2, 0.25) is 0 Å². The molecule has 14 heavy (non-hydrogen) atoms. The van der Waals surface area contributed by atoms with Crippen molar-refractivity contribution in [3.63, 3.8) is 0 Å². The predicted octanol–water partition coefficient (Wildman–Crippen LogP) is 3.01. The number of aryl methyl sites for hydroxylation is 1. The van der Waals surface area contributed by atoms with Crippen LogP contribution >= 0.6 is 23.1 Å². The van der Waals surface area contributed by atoms with Gasteiger partial charge in [0.15, 0.2) is 5.82 Å². The van der Waals surface area contributed by atoms with E-state index in [1.165, 1.54) is 22.2 Å². The summed E-state index contributed by atoms with van der Waals surface area (Å²) in [6.45, 7) is 5.04. The van der Waals surface area contributed by atoms with Gasteiger partial charge in [-0.05, 0) is 30.9 Å². The Hall–Kier alpha value is -0.940. The lowest BCUT2D eigenvalue weighted by atomic mass is 10.2. The van der Waals surface area contributed by atoms with Gasteiger partial charge in [0.1, 0.15) is 5.69 Å². The van der Waals surface area contributed by atoms with Crippen molar-refractivity contribution in [3.05, 3.63) is 17.0 Å². The Morgan fingerprint density at radius 3 is 2.93 bits per heavy atom. The molecule has 0 aliphatic rings. The number of nitrogens with one attached hydrogen (secondary N) is 1. The zero-order valence-electron chi connectivity index (χ0n) is 8.07. The van der Waals surface area contributed by atoms with Crippen molar-refractivity contribution in [2.45, 2.75) is 13.8 Å². The quantitative estimate of drug-likeness (QED) is 0.872. The molecule has 0 aliphatic carbocycles. The molecule has 5 heteroatoms. The zero-order chi connectivity index (χ0) is 9.97. The molecule has 0 unspecified atom stereocenters. The van der Waals surface area contributed by atoms with E-state index in [-0.39, 0.29) is 0 Å². The van der Waals surface area contributed by atoms with Gasteiger partial charge in [0.2, 0.25) is 0 Å². The van der Waals surface area contributed by atoms with Gasteiger partial charge in [-0.2, -0.15) is 8.75 Å². The number of aromatic nitrogens is 2. The van der Waals surface area contributed by atoms with E-state index in [1.807, 2.05) is 0 Å². The molecule has 2 aromatic heterocycles. The maximum atomic E-state index is 4.32. The Labute approximate surface area is 91.1 Å². The molecule has 2 heterocycles. The molecule has 0 aliphatic heterocycles. The van der Waals surface area contributed by atoms with Crippen LogP contribution in [-0.4, -0.2) is 15.3 Å². The van der Waals surface area contributed by atoms with Crippen LogP contribution in [0, 0.1) is 6.92 Å². The highest BCUT2D eigenvalue weighted by Gasteiger charge is 2.12. The molecule has 2 aromatic rings. The lowest BCUT2D eigenvalue weighted by Crippen LogP contribution is -1.97. The van der Waals surface area contributed by atoms with Crippen LogP contribution in [0.25, 0.3) is 10.6 Å². The molecule has 0 radical (unpaired) electrons. The van der Waals surface area contributed by atoms with Crippen LogP contribution in [0.1, 0.15) is 12.5 Å². The third kappa shape index (κ3) is 1.65. The Balaban J connectivity index is 2.41. The first-order valence-electron chi connectivity index (χ1n) is 4.43. The van der Waals surface area contributed by atoms with E-state index in [4.69, 9.17) is 0 Å². The van der Waals surface area contributed by atoms with E-state index in [0.717, 1.165) is 18.1 Å². The Bertz CT molecular complexity index is 419. The first-order chi connectivity index (χ1) is 6.83. The summed E-state index contributed by atoms with van der Waals surface area (Å²) in [6.07, 6.45) is 0. The molecule has 0 atom stereocenters. The molecule has 0 bridgehead atoms. The molecule has 1 N–H and O–H groups in total. The maximum Gasteiger partial charge on any atom is 0.168 e. The van der Waals surface area contributed by atoms with Gasteiger partial charge in [-0.1, -0.05) is 0 Å². The van der Waals surface area contributed by atoms with Crippen molar-refractivity contribution in [2.24, 2.45) is 0 Å². The molecule has 0 saturated carbocycles. The van der Waals surface area contributed by atoms with Gasteiger partial charge in [-0.15, -0.1) is 11.3 Å². The molecule has 3 nitrogen and oxygen atoms in total. The predicted molar refractivity (Wildman–Crippen MR) is 62.1 cm³/mol. The van der Waals surface area contributed by atoms with Crippen LogP contribution < -0.4 is 5.32 Å². The van der Waals surface area contributed by atoms with Gasteiger partial charge in [0.25, 0.3) is 0 Å². The molecular weight excluding hydrogens is 214 g/mol. The van der Waals surface area contributed by atoms with Gasteiger partial charge in [-0.3, -0.25) is 0 Å².